The van der Waals surface area contributed by atoms with Crippen molar-refractivity contribution >= 4 is 21.6 Å². The highest BCUT2D eigenvalue weighted by atomic mass is 32.2. The second-order valence-electron chi connectivity index (χ2n) is 7.48. The van der Waals surface area contributed by atoms with Crippen molar-refractivity contribution in [3.05, 3.63) is 95.6 Å². The fourth-order valence-electron chi connectivity index (χ4n) is 3.38. The Morgan fingerprint density at radius 2 is 1.52 bits per heavy atom. The summed E-state index contributed by atoms with van der Waals surface area (Å²) in [6, 6.07) is 23.7. The number of hydrogen-bond donors (Lipinski definition) is 1. The summed E-state index contributed by atoms with van der Waals surface area (Å²) in [6.45, 7) is 4.01. The van der Waals surface area contributed by atoms with Gasteiger partial charge < -0.3 is 5.32 Å². The van der Waals surface area contributed by atoms with E-state index in [1.54, 1.807) is 36.4 Å². The maximum Gasteiger partial charge on any atom is 0.264 e. The van der Waals surface area contributed by atoms with Crippen LogP contribution in [0.2, 0.25) is 0 Å². The van der Waals surface area contributed by atoms with Crippen molar-refractivity contribution in [2.45, 2.75) is 31.6 Å². The first-order chi connectivity index (χ1) is 14.9. The Morgan fingerprint density at radius 1 is 0.871 bits per heavy atom. The number of hydrogen-bond acceptors (Lipinski definition) is 3. The van der Waals surface area contributed by atoms with Crippen LogP contribution in [0.15, 0.2) is 83.8 Å². The van der Waals surface area contributed by atoms with E-state index in [0.717, 1.165) is 24.0 Å². The van der Waals surface area contributed by atoms with Crippen molar-refractivity contribution in [2.24, 2.45) is 0 Å². The van der Waals surface area contributed by atoms with Crippen LogP contribution in [0.4, 0.5) is 5.69 Å². The van der Waals surface area contributed by atoms with Crippen LogP contribution in [0.25, 0.3) is 0 Å². The molecule has 0 spiro atoms. The molecule has 3 aromatic rings. The number of rotatable bonds is 9. The van der Waals surface area contributed by atoms with Gasteiger partial charge in [-0.05, 0) is 61.6 Å². The van der Waals surface area contributed by atoms with E-state index >= 15 is 0 Å². The van der Waals surface area contributed by atoms with E-state index < -0.39 is 10.0 Å². The first-order valence-electron chi connectivity index (χ1n) is 10.3. The number of sulfonamides is 1. The SMILES string of the molecule is Cc1cccc(N(CC(=O)NCCCc2ccccc2)S(=O)(=O)c2ccccc2)c1C. The third-order valence-electron chi connectivity index (χ3n) is 5.27. The van der Waals surface area contributed by atoms with Gasteiger partial charge in [0.25, 0.3) is 10.0 Å². The Kier molecular flexibility index (Phi) is 7.47. The third-order valence-corrected chi connectivity index (χ3v) is 7.04. The van der Waals surface area contributed by atoms with Gasteiger partial charge in [0.2, 0.25) is 5.91 Å². The molecule has 0 aliphatic rings. The van der Waals surface area contributed by atoms with Crippen molar-refractivity contribution in [2.75, 3.05) is 17.4 Å². The quantitative estimate of drug-likeness (QED) is 0.510. The summed E-state index contributed by atoms with van der Waals surface area (Å²) >= 11 is 0. The summed E-state index contributed by atoms with van der Waals surface area (Å²) in [6.07, 6.45) is 1.63. The molecule has 0 heterocycles. The summed E-state index contributed by atoms with van der Waals surface area (Å²) in [4.78, 5) is 12.9. The van der Waals surface area contributed by atoms with E-state index in [9.17, 15) is 13.2 Å². The number of amides is 1. The van der Waals surface area contributed by atoms with E-state index in [4.69, 9.17) is 0 Å². The fraction of sp³-hybridized carbons (Fsp3) is 0.240. The Morgan fingerprint density at radius 3 is 2.19 bits per heavy atom. The van der Waals surface area contributed by atoms with Crippen LogP contribution >= 0.6 is 0 Å². The predicted molar refractivity (Wildman–Crippen MR) is 125 cm³/mol. The maximum atomic E-state index is 13.4. The smallest absolute Gasteiger partial charge is 0.264 e. The van der Waals surface area contributed by atoms with Crippen LogP contribution in [0, 0.1) is 13.8 Å². The van der Waals surface area contributed by atoms with Crippen molar-refractivity contribution in [3.8, 4) is 0 Å². The van der Waals surface area contributed by atoms with E-state index in [2.05, 4.69) is 17.4 Å². The number of anilines is 1. The Balaban J connectivity index is 1.75. The number of carbonyl (C=O) groups is 1. The average molecular weight is 437 g/mol. The van der Waals surface area contributed by atoms with Gasteiger partial charge in [-0.25, -0.2) is 8.42 Å². The number of nitrogens with one attached hydrogen (secondary N) is 1. The molecule has 0 unspecified atom stereocenters. The van der Waals surface area contributed by atoms with E-state index in [0.29, 0.717) is 12.2 Å². The lowest BCUT2D eigenvalue weighted by atomic mass is 10.1. The lowest BCUT2D eigenvalue weighted by molar-refractivity contribution is -0.119. The number of carbonyl (C=O) groups excluding carboxylic acids is 1. The van der Waals surface area contributed by atoms with Gasteiger partial charge in [0.1, 0.15) is 6.54 Å². The minimum atomic E-state index is -3.89. The molecule has 1 amide bonds. The molecule has 3 rings (SSSR count). The molecule has 0 aliphatic heterocycles. The van der Waals surface area contributed by atoms with Crippen molar-refractivity contribution in [1.29, 1.82) is 0 Å². The molecule has 0 fully saturated rings. The highest BCUT2D eigenvalue weighted by Crippen LogP contribution is 2.28. The van der Waals surface area contributed by atoms with Gasteiger partial charge in [-0.15, -0.1) is 0 Å². The summed E-state index contributed by atoms with van der Waals surface area (Å²) in [7, 11) is -3.89. The zero-order chi connectivity index (χ0) is 22.3. The highest BCUT2D eigenvalue weighted by molar-refractivity contribution is 7.92. The first-order valence-corrected chi connectivity index (χ1v) is 11.8. The second-order valence-corrected chi connectivity index (χ2v) is 9.35. The van der Waals surface area contributed by atoms with Gasteiger partial charge >= 0.3 is 0 Å². The zero-order valence-corrected chi connectivity index (χ0v) is 18.7. The third kappa shape index (κ3) is 5.73. The zero-order valence-electron chi connectivity index (χ0n) is 17.9. The predicted octanol–water partition coefficient (Wildman–Crippen LogP) is 4.25. The molecular formula is C25H28N2O3S. The molecule has 1 N–H and O–H groups in total. The summed E-state index contributed by atoms with van der Waals surface area (Å²) in [5, 5.41) is 2.87. The van der Waals surface area contributed by atoms with Crippen LogP contribution in [-0.4, -0.2) is 27.4 Å². The molecule has 0 bridgehead atoms. The maximum absolute atomic E-state index is 13.4. The monoisotopic (exact) mass is 436 g/mol. The van der Waals surface area contributed by atoms with Crippen LogP contribution in [-0.2, 0) is 21.2 Å². The average Bonchev–Trinajstić information content (AvgIpc) is 2.78. The largest absolute Gasteiger partial charge is 0.355 e. The van der Waals surface area contributed by atoms with E-state index in [1.807, 2.05) is 44.2 Å². The summed E-state index contributed by atoms with van der Waals surface area (Å²) in [5.74, 6) is -0.325. The fourth-order valence-corrected chi connectivity index (χ4v) is 4.88. The molecule has 0 aliphatic carbocycles. The number of benzene rings is 3. The summed E-state index contributed by atoms with van der Waals surface area (Å²) in [5.41, 5.74) is 3.52. The van der Waals surface area contributed by atoms with Crippen LogP contribution in [0.5, 0.6) is 0 Å². The van der Waals surface area contributed by atoms with Gasteiger partial charge in [0, 0.05) is 6.54 Å². The van der Waals surface area contributed by atoms with Gasteiger partial charge in [-0.1, -0.05) is 60.7 Å². The van der Waals surface area contributed by atoms with Crippen LogP contribution in [0.1, 0.15) is 23.1 Å². The minimum absolute atomic E-state index is 0.160. The molecule has 6 heteroatoms. The Labute approximate surface area is 184 Å². The number of aryl methyl sites for hydroxylation is 2. The van der Waals surface area contributed by atoms with Gasteiger partial charge in [0.15, 0.2) is 0 Å². The van der Waals surface area contributed by atoms with Crippen molar-refractivity contribution < 1.29 is 13.2 Å². The van der Waals surface area contributed by atoms with Crippen molar-refractivity contribution in [1.82, 2.24) is 5.32 Å². The van der Waals surface area contributed by atoms with E-state index in [-0.39, 0.29) is 17.3 Å². The first kappa shape index (κ1) is 22.6. The van der Waals surface area contributed by atoms with Gasteiger partial charge in [0.05, 0.1) is 10.6 Å². The second kappa shape index (κ2) is 10.3. The van der Waals surface area contributed by atoms with Crippen LogP contribution < -0.4 is 9.62 Å². The molecule has 31 heavy (non-hydrogen) atoms. The highest BCUT2D eigenvalue weighted by Gasteiger charge is 2.28. The molecule has 0 saturated carbocycles. The van der Waals surface area contributed by atoms with Gasteiger partial charge in [-0.3, -0.25) is 9.10 Å². The molecule has 3 aromatic carbocycles. The standard InChI is InChI=1S/C25H28N2O3S/c1-20-11-9-17-24(21(20)2)27(31(29,30)23-15-7-4-8-16-23)19-25(28)26-18-10-14-22-12-5-3-6-13-22/h3-9,11-13,15-17H,10,14,18-19H2,1-2H3,(H,26,28). The Bertz CT molecular complexity index is 1110. The van der Waals surface area contributed by atoms with Crippen molar-refractivity contribution in [3.63, 3.8) is 0 Å². The molecule has 0 atom stereocenters. The summed E-state index contributed by atoms with van der Waals surface area (Å²) < 4.78 is 28.0. The lowest BCUT2D eigenvalue weighted by Gasteiger charge is -2.26. The van der Waals surface area contributed by atoms with E-state index in [1.165, 1.54) is 9.87 Å². The molecule has 162 valence electrons. The van der Waals surface area contributed by atoms with Crippen LogP contribution in [0.3, 0.4) is 0 Å². The molecular weight excluding hydrogens is 408 g/mol. The topological polar surface area (TPSA) is 66.5 Å². The normalized spacial score (nSPS) is 11.2. The molecule has 0 radical (unpaired) electrons. The van der Waals surface area contributed by atoms with Gasteiger partial charge in [-0.2, -0.15) is 0 Å². The Hall–Kier alpha value is -3.12. The molecule has 0 aromatic heterocycles. The lowest BCUT2D eigenvalue weighted by Crippen LogP contribution is -2.41. The minimum Gasteiger partial charge on any atom is -0.355 e. The number of nitrogens with zero attached hydrogens (tertiary/aromatic N) is 1. The molecule has 0 saturated heterocycles. The molecule has 5 nitrogen and oxygen atoms in total.